The molecule has 0 saturated carbocycles. The fraction of sp³-hybridized carbons (Fsp3) is 0.370. The summed E-state index contributed by atoms with van der Waals surface area (Å²) in [7, 11) is 1.65. The van der Waals surface area contributed by atoms with Crippen LogP contribution in [-0.4, -0.2) is 50.8 Å². The van der Waals surface area contributed by atoms with Crippen LogP contribution >= 0.6 is 0 Å². The first-order valence-electron chi connectivity index (χ1n) is 12.0. The van der Waals surface area contributed by atoms with Crippen LogP contribution < -0.4 is 10.5 Å². The van der Waals surface area contributed by atoms with Gasteiger partial charge in [-0.1, -0.05) is 37.3 Å². The summed E-state index contributed by atoms with van der Waals surface area (Å²) in [5.74, 6) is 0.0692. The molecular formula is C27H31N5O2. The Balaban J connectivity index is 1.51. The third-order valence-electron chi connectivity index (χ3n) is 7.06. The second-order valence-corrected chi connectivity index (χ2v) is 9.31. The van der Waals surface area contributed by atoms with E-state index in [1.165, 1.54) is 15.9 Å². The number of rotatable bonds is 4. The third kappa shape index (κ3) is 3.56. The van der Waals surface area contributed by atoms with Gasteiger partial charge in [0.15, 0.2) is 0 Å². The minimum absolute atomic E-state index is 0.0692. The second kappa shape index (κ2) is 8.63. The molecule has 0 radical (unpaired) electrons. The van der Waals surface area contributed by atoms with Crippen molar-refractivity contribution >= 4 is 33.4 Å². The molecule has 7 nitrogen and oxygen atoms in total. The number of para-hydroxylation sites is 1. The molecule has 7 heteroatoms. The summed E-state index contributed by atoms with van der Waals surface area (Å²) in [5.41, 5.74) is 3.69. The van der Waals surface area contributed by atoms with Crippen LogP contribution in [-0.2, 0) is 11.8 Å². The molecule has 4 aromatic rings. The van der Waals surface area contributed by atoms with E-state index in [-0.39, 0.29) is 17.5 Å². The SMILES string of the molecule is CC[C@H](C(=O)N1CCN(c2cccc(C)c2)[C@@H](C)C1)n1c2ccccc2c2cnn(C)c(=O)c21. The zero-order valence-electron chi connectivity index (χ0n) is 20.2. The largest absolute Gasteiger partial charge is 0.365 e. The van der Waals surface area contributed by atoms with E-state index in [9.17, 15) is 9.59 Å². The van der Waals surface area contributed by atoms with E-state index in [0.717, 1.165) is 22.8 Å². The topological polar surface area (TPSA) is 63.4 Å². The minimum Gasteiger partial charge on any atom is -0.365 e. The van der Waals surface area contributed by atoms with Gasteiger partial charge in [0.25, 0.3) is 5.56 Å². The normalized spacial score (nSPS) is 17.5. The molecule has 0 unspecified atom stereocenters. The second-order valence-electron chi connectivity index (χ2n) is 9.31. The number of aryl methyl sites for hydroxylation is 2. The summed E-state index contributed by atoms with van der Waals surface area (Å²) >= 11 is 0. The van der Waals surface area contributed by atoms with Crippen molar-refractivity contribution in [2.45, 2.75) is 39.3 Å². The lowest BCUT2D eigenvalue weighted by Crippen LogP contribution is -2.55. The summed E-state index contributed by atoms with van der Waals surface area (Å²) in [6.07, 6.45) is 2.33. The summed E-state index contributed by atoms with van der Waals surface area (Å²) in [5, 5.41) is 5.98. The number of aromatic nitrogens is 3. The van der Waals surface area contributed by atoms with Crippen molar-refractivity contribution < 1.29 is 4.79 Å². The van der Waals surface area contributed by atoms with Gasteiger partial charge in [0, 0.05) is 49.2 Å². The number of hydrogen-bond donors (Lipinski definition) is 0. The van der Waals surface area contributed by atoms with Crippen LogP contribution in [0.1, 0.15) is 31.9 Å². The lowest BCUT2D eigenvalue weighted by molar-refractivity contribution is -0.135. The van der Waals surface area contributed by atoms with Gasteiger partial charge in [0.1, 0.15) is 11.6 Å². The molecule has 2 aromatic heterocycles. The number of benzene rings is 2. The van der Waals surface area contributed by atoms with Crippen LogP contribution in [0.15, 0.2) is 59.5 Å². The number of amides is 1. The molecule has 176 valence electrons. The van der Waals surface area contributed by atoms with Crippen molar-refractivity contribution in [3.05, 3.63) is 70.6 Å². The van der Waals surface area contributed by atoms with E-state index < -0.39 is 6.04 Å². The molecule has 2 aromatic carbocycles. The van der Waals surface area contributed by atoms with Crippen molar-refractivity contribution in [2.75, 3.05) is 24.5 Å². The Bertz CT molecular complexity index is 1440. The molecule has 1 saturated heterocycles. The van der Waals surface area contributed by atoms with E-state index in [1.807, 2.05) is 40.7 Å². The molecule has 1 aliphatic rings. The van der Waals surface area contributed by atoms with E-state index in [0.29, 0.717) is 25.0 Å². The molecule has 3 heterocycles. The number of carbonyl (C=O) groups is 1. The predicted octanol–water partition coefficient (Wildman–Crippen LogP) is 3.89. The maximum Gasteiger partial charge on any atom is 0.291 e. The third-order valence-corrected chi connectivity index (χ3v) is 7.06. The van der Waals surface area contributed by atoms with Crippen molar-refractivity contribution in [2.24, 2.45) is 7.05 Å². The lowest BCUT2D eigenvalue weighted by atomic mass is 10.1. The van der Waals surface area contributed by atoms with Crippen molar-refractivity contribution in [1.29, 1.82) is 0 Å². The summed E-state index contributed by atoms with van der Waals surface area (Å²) in [6.45, 7) is 8.38. The summed E-state index contributed by atoms with van der Waals surface area (Å²) in [6, 6.07) is 16.2. The highest BCUT2D eigenvalue weighted by molar-refractivity contribution is 6.08. The highest BCUT2D eigenvalue weighted by Crippen LogP contribution is 2.32. The van der Waals surface area contributed by atoms with E-state index >= 15 is 0 Å². The number of carbonyl (C=O) groups excluding carboxylic acids is 1. The van der Waals surface area contributed by atoms with Crippen LogP contribution in [0.3, 0.4) is 0 Å². The smallest absolute Gasteiger partial charge is 0.291 e. The van der Waals surface area contributed by atoms with Crippen molar-refractivity contribution in [3.8, 4) is 0 Å². The van der Waals surface area contributed by atoms with E-state index in [4.69, 9.17) is 0 Å². The Morgan fingerprint density at radius 1 is 1.12 bits per heavy atom. The maximum absolute atomic E-state index is 13.9. The van der Waals surface area contributed by atoms with E-state index in [2.05, 4.69) is 48.1 Å². The predicted molar refractivity (Wildman–Crippen MR) is 136 cm³/mol. The van der Waals surface area contributed by atoms with Crippen LogP contribution in [0.2, 0.25) is 0 Å². The van der Waals surface area contributed by atoms with Gasteiger partial charge in [-0.25, -0.2) is 4.68 Å². The van der Waals surface area contributed by atoms with Crippen molar-refractivity contribution in [1.82, 2.24) is 19.2 Å². The fourth-order valence-electron chi connectivity index (χ4n) is 5.34. The van der Waals surface area contributed by atoms with Crippen molar-refractivity contribution in [3.63, 3.8) is 0 Å². The molecule has 1 aliphatic heterocycles. The quantitative estimate of drug-likeness (QED) is 0.467. The highest BCUT2D eigenvalue weighted by atomic mass is 16.2. The van der Waals surface area contributed by atoms with Gasteiger partial charge in [-0.3, -0.25) is 9.59 Å². The first kappa shape index (κ1) is 22.2. The lowest BCUT2D eigenvalue weighted by Gasteiger charge is -2.42. The number of piperazine rings is 1. The Morgan fingerprint density at radius 2 is 1.91 bits per heavy atom. The van der Waals surface area contributed by atoms with Gasteiger partial charge in [0.2, 0.25) is 5.91 Å². The number of fused-ring (bicyclic) bond motifs is 3. The van der Waals surface area contributed by atoms with Crippen LogP contribution in [0, 0.1) is 6.92 Å². The maximum atomic E-state index is 13.9. The molecule has 0 aliphatic carbocycles. The monoisotopic (exact) mass is 457 g/mol. The zero-order valence-corrected chi connectivity index (χ0v) is 20.2. The van der Waals surface area contributed by atoms with Crippen LogP contribution in [0.5, 0.6) is 0 Å². The molecule has 5 rings (SSSR count). The minimum atomic E-state index is -0.449. The molecule has 0 bridgehead atoms. The molecule has 1 fully saturated rings. The molecule has 2 atom stereocenters. The zero-order chi connectivity index (χ0) is 24.0. The Kier molecular flexibility index (Phi) is 5.63. The average Bonchev–Trinajstić information content (AvgIpc) is 3.17. The molecule has 1 amide bonds. The molecule has 34 heavy (non-hydrogen) atoms. The number of nitrogens with zero attached hydrogens (tertiary/aromatic N) is 5. The first-order chi connectivity index (χ1) is 16.4. The number of hydrogen-bond acceptors (Lipinski definition) is 4. The Hall–Kier alpha value is -3.61. The van der Waals surface area contributed by atoms with Gasteiger partial charge < -0.3 is 14.4 Å². The van der Waals surface area contributed by atoms with Gasteiger partial charge in [0.05, 0.1) is 11.7 Å². The van der Waals surface area contributed by atoms with E-state index in [1.54, 1.807) is 13.2 Å². The summed E-state index contributed by atoms with van der Waals surface area (Å²) < 4.78 is 3.30. The highest BCUT2D eigenvalue weighted by Gasteiger charge is 2.33. The molecule has 0 N–H and O–H groups in total. The number of anilines is 1. The van der Waals surface area contributed by atoms with Gasteiger partial charge >= 0.3 is 0 Å². The van der Waals surface area contributed by atoms with Gasteiger partial charge in [-0.2, -0.15) is 5.10 Å². The first-order valence-corrected chi connectivity index (χ1v) is 12.0. The standard InChI is InChI=1S/C27H31N5O2/c1-5-23(26(33)30-13-14-31(19(3)17-30)20-10-8-9-18(2)15-20)32-24-12-7-6-11-21(24)22-16-28-29(4)27(34)25(22)32/h6-12,15-16,19,23H,5,13-14,17H2,1-4H3/t19-,23+/m0/s1. The fourth-order valence-corrected chi connectivity index (χ4v) is 5.34. The molecular weight excluding hydrogens is 426 g/mol. The Morgan fingerprint density at radius 3 is 2.65 bits per heavy atom. The Labute approximate surface area is 199 Å². The summed E-state index contributed by atoms with van der Waals surface area (Å²) in [4.78, 5) is 31.4. The van der Waals surface area contributed by atoms with Gasteiger partial charge in [-0.05, 0) is 44.0 Å². The van der Waals surface area contributed by atoms with Crippen LogP contribution in [0.4, 0.5) is 5.69 Å². The van der Waals surface area contributed by atoms with Gasteiger partial charge in [-0.15, -0.1) is 0 Å². The molecule has 0 spiro atoms. The van der Waals surface area contributed by atoms with Crippen LogP contribution in [0.25, 0.3) is 21.8 Å². The average molecular weight is 458 g/mol.